The zero-order valence-electron chi connectivity index (χ0n) is 7.68. The molecular formula is C10H11N3O. The average Bonchev–Trinajstić information content (AvgIpc) is 3.02. The summed E-state index contributed by atoms with van der Waals surface area (Å²) in [6.45, 7) is 0. The highest BCUT2D eigenvalue weighted by Crippen LogP contribution is 2.28. The highest BCUT2D eigenvalue weighted by atomic mass is 16.2. The van der Waals surface area contributed by atoms with Crippen LogP contribution in [0, 0.1) is 5.92 Å². The minimum atomic E-state index is 0.0186. The predicted octanol–water partition coefficient (Wildman–Crippen LogP) is 0.942. The fourth-order valence-corrected chi connectivity index (χ4v) is 1.06. The van der Waals surface area contributed by atoms with Crippen molar-refractivity contribution in [2.45, 2.75) is 12.8 Å². The zero-order valence-corrected chi connectivity index (χ0v) is 7.68. The summed E-state index contributed by atoms with van der Waals surface area (Å²) in [5, 5.41) is 3.84. The molecule has 1 N–H and O–H groups in total. The normalized spacial score (nSPS) is 15.7. The number of nitrogens with zero attached hydrogens (tertiary/aromatic N) is 2. The van der Waals surface area contributed by atoms with E-state index in [1.807, 2.05) is 12.1 Å². The monoisotopic (exact) mass is 189 g/mol. The second-order valence-corrected chi connectivity index (χ2v) is 3.29. The van der Waals surface area contributed by atoms with Gasteiger partial charge in [-0.3, -0.25) is 9.78 Å². The molecule has 0 saturated heterocycles. The first kappa shape index (κ1) is 8.87. The maximum absolute atomic E-state index is 11.2. The van der Waals surface area contributed by atoms with Crippen molar-refractivity contribution in [3.05, 3.63) is 30.1 Å². The van der Waals surface area contributed by atoms with Gasteiger partial charge in [0.05, 0.1) is 6.21 Å². The SMILES string of the molecule is O=C(N/N=C\c1cccnc1)C1CC1. The molecule has 2 rings (SSSR count). The van der Waals surface area contributed by atoms with Crippen LogP contribution in [0.4, 0.5) is 0 Å². The number of carbonyl (C=O) groups is 1. The molecule has 0 spiro atoms. The molecule has 72 valence electrons. The van der Waals surface area contributed by atoms with Crippen molar-refractivity contribution in [1.29, 1.82) is 0 Å². The van der Waals surface area contributed by atoms with Crippen molar-refractivity contribution in [1.82, 2.24) is 10.4 Å². The maximum atomic E-state index is 11.2. The van der Waals surface area contributed by atoms with Crippen LogP contribution < -0.4 is 5.43 Å². The topological polar surface area (TPSA) is 54.4 Å². The van der Waals surface area contributed by atoms with E-state index >= 15 is 0 Å². The van der Waals surface area contributed by atoms with Crippen molar-refractivity contribution < 1.29 is 4.79 Å². The van der Waals surface area contributed by atoms with Gasteiger partial charge in [-0.1, -0.05) is 6.07 Å². The van der Waals surface area contributed by atoms with Gasteiger partial charge in [0.1, 0.15) is 0 Å². The Bertz CT molecular complexity index is 344. The van der Waals surface area contributed by atoms with Gasteiger partial charge in [-0.2, -0.15) is 5.10 Å². The standard InChI is InChI=1S/C10H11N3O/c14-10(9-3-4-9)13-12-7-8-2-1-5-11-6-8/h1-2,5-7,9H,3-4H2,(H,13,14)/b12-7-. The second-order valence-electron chi connectivity index (χ2n) is 3.29. The number of aromatic nitrogens is 1. The quantitative estimate of drug-likeness (QED) is 0.568. The van der Waals surface area contributed by atoms with Crippen molar-refractivity contribution in [3.8, 4) is 0 Å². The van der Waals surface area contributed by atoms with Gasteiger partial charge in [-0.25, -0.2) is 5.43 Å². The smallest absolute Gasteiger partial charge is 0.243 e. The Balaban J connectivity index is 1.85. The Labute approximate surface area is 82.0 Å². The number of rotatable bonds is 3. The average molecular weight is 189 g/mol. The summed E-state index contributed by atoms with van der Waals surface area (Å²) >= 11 is 0. The third-order valence-electron chi connectivity index (χ3n) is 2.02. The van der Waals surface area contributed by atoms with Gasteiger partial charge in [0, 0.05) is 23.9 Å². The number of nitrogens with one attached hydrogen (secondary N) is 1. The molecule has 0 radical (unpaired) electrons. The first-order valence-electron chi connectivity index (χ1n) is 4.59. The molecule has 0 atom stereocenters. The molecule has 0 aliphatic heterocycles. The zero-order chi connectivity index (χ0) is 9.80. The predicted molar refractivity (Wildman–Crippen MR) is 52.7 cm³/mol. The van der Waals surface area contributed by atoms with E-state index in [0.29, 0.717) is 0 Å². The molecular weight excluding hydrogens is 178 g/mol. The molecule has 1 aromatic heterocycles. The van der Waals surface area contributed by atoms with Gasteiger partial charge in [0.2, 0.25) is 5.91 Å². The van der Waals surface area contributed by atoms with Crippen LogP contribution >= 0.6 is 0 Å². The Morgan fingerprint density at radius 1 is 1.64 bits per heavy atom. The molecule has 0 unspecified atom stereocenters. The minimum absolute atomic E-state index is 0.0186. The van der Waals surface area contributed by atoms with E-state index in [0.717, 1.165) is 18.4 Å². The number of hydrogen-bond donors (Lipinski definition) is 1. The molecule has 1 aliphatic rings. The fraction of sp³-hybridized carbons (Fsp3) is 0.300. The summed E-state index contributed by atoms with van der Waals surface area (Å²) in [5.74, 6) is 0.214. The second kappa shape index (κ2) is 4.00. The van der Waals surface area contributed by atoms with E-state index in [1.165, 1.54) is 0 Å². The van der Waals surface area contributed by atoms with E-state index in [9.17, 15) is 4.79 Å². The molecule has 4 nitrogen and oxygen atoms in total. The van der Waals surface area contributed by atoms with Crippen molar-refractivity contribution in [2.75, 3.05) is 0 Å². The molecule has 1 aliphatic carbocycles. The first-order valence-corrected chi connectivity index (χ1v) is 4.59. The number of amides is 1. The summed E-state index contributed by atoms with van der Waals surface area (Å²) in [5.41, 5.74) is 3.37. The minimum Gasteiger partial charge on any atom is -0.273 e. The van der Waals surface area contributed by atoms with Crippen LogP contribution in [0.1, 0.15) is 18.4 Å². The lowest BCUT2D eigenvalue weighted by Gasteiger charge is -1.94. The Hall–Kier alpha value is -1.71. The molecule has 14 heavy (non-hydrogen) atoms. The summed E-state index contributed by atoms with van der Waals surface area (Å²) < 4.78 is 0. The lowest BCUT2D eigenvalue weighted by atomic mass is 10.3. The molecule has 1 heterocycles. The third kappa shape index (κ3) is 2.39. The van der Waals surface area contributed by atoms with Crippen molar-refractivity contribution in [3.63, 3.8) is 0 Å². The third-order valence-corrected chi connectivity index (χ3v) is 2.02. The van der Waals surface area contributed by atoms with E-state index in [-0.39, 0.29) is 11.8 Å². The first-order chi connectivity index (χ1) is 6.86. The maximum Gasteiger partial charge on any atom is 0.243 e. The number of hydrazone groups is 1. The summed E-state index contributed by atoms with van der Waals surface area (Å²) in [7, 11) is 0. The van der Waals surface area contributed by atoms with E-state index < -0.39 is 0 Å². The fourth-order valence-electron chi connectivity index (χ4n) is 1.06. The molecule has 0 aromatic carbocycles. The molecule has 1 fully saturated rings. The molecule has 1 amide bonds. The van der Waals surface area contributed by atoms with E-state index in [4.69, 9.17) is 0 Å². The lowest BCUT2D eigenvalue weighted by Crippen LogP contribution is -2.18. The van der Waals surface area contributed by atoms with Gasteiger partial charge in [0.25, 0.3) is 0 Å². The Kier molecular flexibility index (Phi) is 2.53. The van der Waals surface area contributed by atoms with Crippen LogP contribution in [0.5, 0.6) is 0 Å². The molecule has 0 bridgehead atoms. The van der Waals surface area contributed by atoms with E-state index in [1.54, 1.807) is 18.6 Å². The Morgan fingerprint density at radius 2 is 2.50 bits per heavy atom. The van der Waals surface area contributed by atoms with Crippen molar-refractivity contribution >= 4 is 12.1 Å². The summed E-state index contributed by atoms with van der Waals surface area (Å²) in [6.07, 6.45) is 6.96. The number of hydrogen-bond acceptors (Lipinski definition) is 3. The van der Waals surface area contributed by atoms with Gasteiger partial charge in [-0.05, 0) is 18.9 Å². The molecule has 1 aromatic rings. The number of pyridine rings is 1. The number of carbonyl (C=O) groups excluding carboxylic acids is 1. The van der Waals surface area contributed by atoms with Crippen LogP contribution in [0.2, 0.25) is 0 Å². The Morgan fingerprint density at radius 3 is 3.14 bits per heavy atom. The van der Waals surface area contributed by atoms with E-state index in [2.05, 4.69) is 15.5 Å². The highest BCUT2D eigenvalue weighted by molar-refractivity contribution is 5.84. The molecule has 1 saturated carbocycles. The highest BCUT2D eigenvalue weighted by Gasteiger charge is 2.29. The van der Waals surface area contributed by atoms with Gasteiger partial charge in [0.15, 0.2) is 0 Å². The van der Waals surface area contributed by atoms with Crippen LogP contribution in [0.3, 0.4) is 0 Å². The summed E-state index contributed by atoms with van der Waals surface area (Å²) in [6, 6.07) is 3.70. The molecule has 4 heteroatoms. The van der Waals surface area contributed by atoms with Crippen LogP contribution in [-0.4, -0.2) is 17.1 Å². The largest absolute Gasteiger partial charge is 0.273 e. The van der Waals surface area contributed by atoms with Gasteiger partial charge < -0.3 is 0 Å². The lowest BCUT2D eigenvalue weighted by molar-refractivity contribution is -0.122. The van der Waals surface area contributed by atoms with Crippen LogP contribution in [0.25, 0.3) is 0 Å². The van der Waals surface area contributed by atoms with Gasteiger partial charge >= 0.3 is 0 Å². The van der Waals surface area contributed by atoms with Gasteiger partial charge in [-0.15, -0.1) is 0 Å². The van der Waals surface area contributed by atoms with Crippen LogP contribution in [-0.2, 0) is 4.79 Å². The summed E-state index contributed by atoms with van der Waals surface area (Å²) in [4.78, 5) is 15.1. The van der Waals surface area contributed by atoms with Crippen molar-refractivity contribution in [2.24, 2.45) is 11.0 Å². The van der Waals surface area contributed by atoms with Crippen LogP contribution in [0.15, 0.2) is 29.6 Å².